The molecule has 0 fully saturated rings. The van der Waals surface area contributed by atoms with Crippen LogP contribution in [0, 0.1) is 0 Å². The van der Waals surface area contributed by atoms with E-state index in [-0.39, 0.29) is 11.6 Å². The highest BCUT2D eigenvalue weighted by Gasteiger charge is 2.36. The second kappa shape index (κ2) is 6.04. The predicted molar refractivity (Wildman–Crippen MR) is 76.1 cm³/mol. The van der Waals surface area contributed by atoms with E-state index in [1.54, 1.807) is 6.26 Å². The largest absolute Gasteiger partial charge is 0.469 e. The van der Waals surface area contributed by atoms with Crippen molar-refractivity contribution < 1.29 is 13.9 Å². The van der Waals surface area contributed by atoms with E-state index >= 15 is 0 Å². The molecule has 1 heterocycles. The molecule has 1 N–H and O–H groups in total. The van der Waals surface area contributed by atoms with Gasteiger partial charge in [0, 0.05) is 18.6 Å². The molecule has 0 radical (unpaired) electrons. The van der Waals surface area contributed by atoms with Crippen LogP contribution in [-0.2, 0) is 17.5 Å². The Bertz CT molecular complexity index is 363. The van der Waals surface area contributed by atoms with Crippen LogP contribution in [-0.4, -0.2) is 20.0 Å². The van der Waals surface area contributed by atoms with Gasteiger partial charge in [-0.25, -0.2) is 0 Å². The third kappa shape index (κ3) is 3.97. The van der Waals surface area contributed by atoms with Gasteiger partial charge in [0.05, 0.1) is 12.9 Å². The third-order valence-electron chi connectivity index (χ3n) is 3.83. The lowest BCUT2D eigenvalue weighted by Crippen LogP contribution is -2.41. The van der Waals surface area contributed by atoms with Crippen LogP contribution >= 0.6 is 0 Å². The summed E-state index contributed by atoms with van der Waals surface area (Å²) in [6, 6.07) is 1.82. The fourth-order valence-corrected chi connectivity index (χ4v) is 2.59. The average Bonchev–Trinajstić information content (AvgIpc) is 2.70. The van der Waals surface area contributed by atoms with Crippen molar-refractivity contribution in [3.05, 3.63) is 23.7 Å². The van der Waals surface area contributed by atoms with Gasteiger partial charge in [0.2, 0.25) is 0 Å². The van der Waals surface area contributed by atoms with Gasteiger partial charge < -0.3 is 13.9 Å². The SMILES string of the molecule is CC(C)(C)[Si](C)(C)OCCCc1occc1CO. The van der Waals surface area contributed by atoms with Crippen LogP contribution in [0.15, 0.2) is 16.7 Å². The standard InChI is InChI=1S/C14H26O3Si/c1-14(2,3)18(4,5)17-9-6-7-13-12(11-15)8-10-16-13/h8,10,15H,6-7,9,11H2,1-5H3. The van der Waals surface area contributed by atoms with Crippen molar-refractivity contribution in [1.82, 2.24) is 0 Å². The fraction of sp³-hybridized carbons (Fsp3) is 0.714. The van der Waals surface area contributed by atoms with Crippen LogP contribution < -0.4 is 0 Å². The number of furan rings is 1. The van der Waals surface area contributed by atoms with E-state index in [0.717, 1.165) is 30.8 Å². The van der Waals surface area contributed by atoms with Gasteiger partial charge in [-0.05, 0) is 30.6 Å². The first kappa shape index (κ1) is 15.5. The molecule has 0 saturated carbocycles. The molecule has 3 nitrogen and oxygen atoms in total. The minimum Gasteiger partial charge on any atom is -0.469 e. The van der Waals surface area contributed by atoms with Gasteiger partial charge in [-0.3, -0.25) is 0 Å². The first-order valence-corrected chi connectivity index (χ1v) is 9.49. The van der Waals surface area contributed by atoms with Gasteiger partial charge in [-0.1, -0.05) is 20.8 Å². The van der Waals surface area contributed by atoms with Crippen molar-refractivity contribution in [2.24, 2.45) is 0 Å². The van der Waals surface area contributed by atoms with E-state index in [4.69, 9.17) is 13.9 Å². The summed E-state index contributed by atoms with van der Waals surface area (Å²) < 4.78 is 11.5. The number of aliphatic hydroxyl groups excluding tert-OH is 1. The summed E-state index contributed by atoms with van der Waals surface area (Å²) >= 11 is 0. The summed E-state index contributed by atoms with van der Waals surface area (Å²) in [5.74, 6) is 0.885. The highest BCUT2D eigenvalue weighted by molar-refractivity contribution is 6.74. The first-order chi connectivity index (χ1) is 8.28. The molecule has 104 valence electrons. The quantitative estimate of drug-likeness (QED) is 0.632. The Labute approximate surface area is 111 Å². The van der Waals surface area contributed by atoms with Gasteiger partial charge in [-0.15, -0.1) is 0 Å². The van der Waals surface area contributed by atoms with Crippen LogP contribution in [0.1, 0.15) is 38.5 Å². The van der Waals surface area contributed by atoms with Crippen LogP contribution in [0.5, 0.6) is 0 Å². The predicted octanol–water partition coefficient (Wildman–Crippen LogP) is 3.73. The van der Waals surface area contributed by atoms with E-state index in [1.807, 2.05) is 6.07 Å². The Morgan fingerprint density at radius 2 is 2.00 bits per heavy atom. The Hall–Kier alpha value is -0.583. The monoisotopic (exact) mass is 270 g/mol. The summed E-state index contributed by atoms with van der Waals surface area (Å²) in [6.07, 6.45) is 3.40. The maximum atomic E-state index is 9.12. The molecule has 0 aliphatic rings. The van der Waals surface area contributed by atoms with E-state index in [0.29, 0.717) is 0 Å². The average molecular weight is 270 g/mol. The van der Waals surface area contributed by atoms with Crippen molar-refractivity contribution in [3.63, 3.8) is 0 Å². The molecule has 1 aromatic heterocycles. The molecule has 0 spiro atoms. The summed E-state index contributed by atoms with van der Waals surface area (Å²) in [5.41, 5.74) is 0.891. The summed E-state index contributed by atoms with van der Waals surface area (Å²) in [7, 11) is -1.63. The van der Waals surface area contributed by atoms with Crippen LogP contribution in [0.25, 0.3) is 0 Å². The van der Waals surface area contributed by atoms with Gasteiger partial charge in [0.1, 0.15) is 5.76 Å². The Morgan fingerprint density at radius 1 is 1.33 bits per heavy atom. The fourth-order valence-electron chi connectivity index (χ4n) is 1.50. The zero-order chi connectivity index (χ0) is 13.8. The Balaban J connectivity index is 2.36. The zero-order valence-electron chi connectivity index (χ0n) is 12.2. The molecule has 0 aromatic carbocycles. The Kier molecular flexibility index (Phi) is 5.19. The number of aryl methyl sites for hydroxylation is 1. The van der Waals surface area contributed by atoms with Gasteiger partial charge in [0.15, 0.2) is 8.32 Å². The molecule has 1 aromatic rings. The molecular weight excluding hydrogens is 244 g/mol. The van der Waals surface area contributed by atoms with E-state index < -0.39 is 8.32 Å². The molecule has 0 aliphatic heterocycles. The molecule has 0 atom stereocenters. The number of hydrogen-bond acceptors (Lipinski definition) is 3. The topological polar surface area (TPSA) is 42.6 Å². The van der Waals surface area contributed by atoms with Gasteiger partial charge in [0.25, 0.3) is 0 Å². The number of rotatable bonds is 6. The maximum absolute atomic E-state index is 9.12. The van der Waals surface area contributed by atoms with Crippen molar-refractivity contribution >= 4 is 8.32 Å². The molecule has 18 heavy (non-hydrogen) atoms. The Morgan fingerprint density at radius 3 is 2.56 bits per heavy atom. The summed E-state index contributed by atoms with van der Waals surface area (Å²) in [4.78, 5) is 0. The van der Waals surface area contributed by atoms with Crippen molar-refractivity contribution in [3.8, 4) is 0 Å². The van der Waals surface area contributed by atoms with Crippen molar-refractivity contribution in [2.75, 3.05) is 6.61 Å². The smallest absolute Gasteiger partial charge is 0.191 e. The minimum atomic E-state index is -1.63. The van der Waals surface area contributed by atoms with E-state index in [1.165, 1.54) is 0 Å². The number of aliphatic hydroxyl groups is 1. The lowest BCUT2D eigenvalue weighted by molar-refractivity contribution is 0.269. The molecule has 0 unspecified atom stereocenters. The third-order valence-corrected chi connectivity index (χ3v) is 8.36. The lowest BCUT2D eigenvalue weighted by Gasteiger charge is -2.36. The molecule has 0 aliphatic carbocycles. The van der Waals surface area contributed by atoms with Crippen molar-refractivity contribution in [1.29, 1.82) is 0 Å². The molecule has 4 heteroatoms. The summed E-state index contributed by atoms with van der Waals surface area (Å²) in [5, 5.41) is 9.37. The highest BCUT2D eigenvalue weighted by Crippen LogP contribution is 2.36. The highest BCUT2D eigenvalue weighted by atomic mass is 28.4. The molecule has 0 bridgehead atoms. The molecule has 0 saturated heterocycles. The van der Waals surface area contributed by atoms with Crippen LogP contribution in [0.3, 0.4) is 0 Å². The minimum absolute atomic E-state index is 0.0505. The summed E-state index contributed by atoms with van der Waals surface area (Å²) in [6.45, 7) is 12.1. The lowest BCUT2D eigenvalue weighted by atomic mass is 10.2. The maximum Gasteiger partial charge on any atom is 0.191 e. The molecular formula is C14H26O3Si. The van der Waals surface area contributed by atoms with Gasteiger partial charge in [-0.2, -0.15) is 0 Å². The second-order valence-electron chi connectivity index (χ2n) is 6.24. The van der Waals surface area contributed by atoms with Crippen LogP contribution in [0.4, 0.5) is 0 Å². The normalized spacial score (nSPS) is 13.0. The second-order valence-corrected chi connectivity index (χ2v) is 11.0. The van der Waals surface area contributed by atoms with Gasteiger partial charge >= 0.3 is 0 Å². The molecule has 1 rings (SSSR count). The number of hydrogen-bond donors (Lipinski definition) is 1. The first-order valence-electron chi connectivity index (χ1n) is 6.58. The van der Waals surface area contributed by atoms with E-state index in [9.17, 15) is 0 Å². The van der Waals surface area contributed by atoms with Crippen molar-refractivity contribution in [2.45, 2.75) is 58.4 Å². The van der Waals surface area contributed by atoms with E-state index in [2.05, 4.69) is 33.9 Å². The zero-order valence-corrected chi connectivity index (χ0v) is 13.2. The van der Waals surface area contributed by atoms with Crippen LogP contribution in [0.2, 0.25) is 18.1 Å². The molecule has 0 amide bonds.